The number of carbonyl (C=O) groups excluding carboxylic acids is 2. The summed E-state index contributed by atoms with van der Waals surface area (Å²) in [6, 6.07) is 12.2. The fourth-order valence-electron chi connectivity index (χ4n) is 3.28. The van der Waals surface area contributed by atoms with Crippen LogP contribution in [0.2, 0.25) is 0 Å². The third-order valence-electron chi connectivity index (χ3n) is 4.93. The van der Waals surface area contributed by atoms with Gasteiger partial charge in [-0.15, -0.1) is 0 Å². The SMILES string of the molecule is COCCn1c(=NC(=O)CCCS(=O)(=O)c2ccc(C)cc2)sc2cc(NC(C)=O)ccc21. The normalized spacial score (nSPS) is 12.3. The van der Waals surface area contributed by atoms with Gasteiger partial charge in [0, 0.05) is 32.7 Å². The molecule has 0 saturated carbocycles. The highest BCUT2D eigenvalue weighted by atomic mass is 32.2. The van der Waals surface area contributed by atoms with Crippen molar-refractivity contribution in [1.29, 1.82) is 0 Å². The van der Waals surface area contributed by atoms with Crippen molar-refractivity contribution in [3.63, 3.8) is 0 Å². The van der Waals surface area contributed by atoms with Gasteiger partial charge < -0.3 is 14.6 Å². The van der Waals surface area contributed by atoms with Gasteiger partial charge in [-0.05, 0) is 43.7 Å². The Morgan fingerprint density at radius 3 is 2.55 bits per heavy atom. The Kier molecular flexibility index (Phi) is 8.17. The van der Waals surface area contributed by atoms with Crippen LogP contribution in [0.3, 0.4) is 0 Å². The summed E-state index contributed by atoms with van der Waals surface area (Å²) in [4.78, 5) is 28.9. The predicted octanol–water partition coefficient (Wildman–Crippen LogP) is 3.30. The van der Waals surface area contributed by atoms with E-state index in [-0.39, 0.29) is 35.3 Å². The summed E-state index contributed by atoms with van der Waals surface area (Å²) in [5.74, 6) is -0.666. The summed E-state index contributed by atoms with van der Waals surface area (Å²) < 4.78 is 32.9. The Labute approximate surface area is 196 Å². The molecule has 0 saturated heterocycles. The number of nitrogens with zero attached hydrogens (tertiary/aromatic N) is 2. The van der Waals surface area contributed by atoms with E-state index >= 15 is 0 Å². The largest absolute Gasteiger partial charge is 0.383 e. The van der Waals surface area contributed by atoms with E-state index in [4.69, 9.17) is 4.74 Å². The molecule has 0 fully saturated rings. The molecule has 0 atom stereocenters. The van der Waals surface area contributed by atoms with Crippen LogP contribution in [0.25, 0.3) is 10.2 Å². The first-order valence-corrected chi connectivity index (χ1v) is 12.9. The Morgan fingerprint density at radius 1 is 1.15 bits per heavy atom. The third-order valence-corrected chi connectivity index (χ3v) is 7.78. The quantitative estimate of drug-likeness (QED) is 0.496. The average Bonchev–Trinajstić information content (AvgIpc) is 3.07. The number of nitrogens with one attached hydrogen (secondary N) is 1. The number of thiazole rings is 1. The van der Waals surface area contributed by atoms with Gasteiger partial charge >= 0.3 is 0 Å². The van der Waals surface area contributed by atoms with Gasteiger partial charge in [0.2, 0.25) is 11.8 Å². The zero-order valence-corrected chi connectivity index (χ0v) is 20.5. The van der Waals surface area contributed by atoms with Crippen molar-refractivity contribution in [3.05, 3.63) is 52.8 Å². The molecule has 1 N–H and O–H groups in total. The first kappa shape index (κ1) is 24.8. The van der Waals surface area contributed by atoms with Crippen molar-refractivity contribution in [1.82, 2.24) is 4.57 Å². The highest BCUT2D eigenvalue weighted by molar-refractivity contribution is 7.91. The maximum atomic E-state index is 12.5. The smallest absolute Gasteiger partial charge is 0.248 e. The summed E-state index contributed by atoms with van der Waals surface area (Å²) in [6.07, 6.45) is 0.217. The van der Waals surface area contributed by atoms with Crippen molar-refractivity contribution >= 4 is 48.9 Å². The molecule has 1 aromatic heterocycles. The van der Waals surface area contributed by atoms with Crippen molar-refractivity contribution in [2.75, 3.05) is 24.8 Å². The van der Waals surface area contributed by atoms with Gasteiger partial charge in [-0.3, -0.25) is 9.59 Å². The van der Waals surface area contributed by atoms with Crippen LogP contribution in [0.1, 0.15) is 25.3 Å². The lowest BCUT2D eigenvalue weighted by Crippen LogP contribution is -2.19. The Bertz CT molecular complexity index is 1320. The van der Waals surface area contributed by atoms with Crippen molar-refractivity contribution in [2.45, 2.75) is 38.1 Å². The number of amides is 2. The van der Waals surface area contributed by atoms with E-state index in [1.165, 1.54) is 18.3 Å². The fourth-order valence-corrected chi connectivity index (χ4v) is 5.70. The molecular formula is C23H27N3O5S2. The van der Waals surface area contributed by atoms with Crippen molar-refractivity contribution in [3.8, 4) is 0 Å². The molecule has 8 nitrogen and oxygen atoms in total. The van der Waals surface area contributed by atoms with Crippen LogP contribution in [-0.4, -0.2) is 44.3 Å². The number of aromatic nitrogens is 1. The molecule has 0 bridgehead atoms. The summed E-state index contributed by atoms with van der Waals surface area (Å²) in [6.45, 7) is 4.28. The standard InChI is InChI=1S/C23H27N3O5S2/c1-16-6-9-19(10-7-16)33(29,30)14-4-5-22(28)25-23-26(12-13-31-3)20-11-8-18(24-17(2)27)15-21(20)32-23/h6-11,15H,4-5,12-14H2,1-3H3,(H,24,27). The minimum Gasteiger partial charge on any atom is -0.383 e. The van der Waals surface area contributed by atoms with E-state index in [1.54, 1.807) is 37.4 Å². The number of carbonyl (C=O) groups is 2. The second-order valence-electron chi connectivity index (χ2n) is 7.63. The molecule has 0 aliphatic carbocycles. The molecule has 0 spiro atoms. The Morgan fingerprint density at radius 2 is 1.88 bits per heavy atom. The lowest BCUT2D eigenvalue weighted by Gasteiger charge is -2.06. The van der Waals surface area contributed by atoms with Crippen LogP contribution in [0.4, 0.5) is 5.69 Å². The number of hydrogen-bond donors (Lipinski definition) is 1. The highest BCUT2D eigenvalue weighted by Gasteiger charge is 2.15. The third kappa shape index (κ3) is 6.59. The van der Waals surface area contributed by atoms with Gasteiger partial charge in [0.1, 0.15) is 0 Å². The maximum Gasteiger partial charge on any atom is 0.248 e. The van der Waals surface area contributed by atoms with Crippen LogP contribution in [0, 0.1) is 6.92 Å². The molecule has 1 heterocycles. The highest BCUT2D eigenvalue weighted by Crippen LogP contribution is 2.22. The topological polar surface area (TPSA) is 107 Å². The van der Waals surface area contributed by atoms with E-state index in [9.17, 15) is 18.0 Å². The predicted molar refractivity (Wildman–Crippen MR) is 129 cm³/mol. The second-order valence-corrected chi connectivity index (χ2v) is 10.8. The molecule has 0 unspecified atom stereocenters. The van der Waals surface area contributed by atoms with E-state index in [2.05, 4.69) is 10.3 Å². The summed E-state index contributed by atoms with van der Waals surface area (Å²) in [5.41, 5.74) is 2.52. The van der Waals surface area contributed by atoms with Gasteiger partial charge in [-0.25, -0.2) is 8.42 Å². The van der Waals surface area contributed by atoms with Crippen molar-refractivity contribution < 1.29 is 22.7 Å². The van der Waals surface area contributed by atoms with E-state index in [0.717, 1.165) is 15.8 Å². The summed E-state index contributed by atoms with van der Waals surface area (Å²) in [7, 11) is -1.85. The van der Waals surface area contributed by atoms with Crippen LogP contribution < -0.4 is 10.1 Å². The van der Waals surface area contributed by atoms with Crippen LogP contribution in [0.15, 0.2) is 52.4 Å². The van der Waals surface area contributed by atoms with Gasteiger partial charge in [0.15, 0.2) is 14.6 Å². The molecule has 2 aromatic carbocycles. The van der Waals surface area contributed by atoms with E-state index in [0.29, 0.717) is 23.6 Å². The Hall–Kier alpha value is -2.82. The number of ether oxygens (including phenoxy) is 1. The lowest BCUT2D eigenvalue weighted by atomic mass is 10.2. The van der Waals surface area contributed by atoms with Gasteiger partial charge in [0.25, 0.3) is 0 Å². The zero-order chi connectivity index (χ0) is 24.0. The van der Waals surface area contributed by atoms with Gasteiger partial charge in [0.05, 0.1) is 27.5 Å². The molecule has 3 rings (SSSR count). The molecule has 3 aromatic rings. The van der Waals surface area contributed by atoms with Crippen molar-refractivity contribution in [2.24, 2.45) is 4.99 Å². The second kappa shape index (κ2) is 10.9. The molecular weight excluding hydrogens is 462 g/mol. The van der Waals surface area contributed by atoms with E-state index < -0.39 is 9.84 Å². The fraction of sp³-hybridized carbons (Fsp3) is 0.348. The molecule has 0 aliphatic rings. The number of methoxy groups -OCH3 is 1. The number of sulfone groups is 1. The van der Waals surface area contributed by atoms with Crippen LogP contribution in [0.5, 0.6) is 0 Å². The minimum atomic E-state index is -3.45. The molecule has 0 aliphatic heterocycles. The monoisotopic (exact) mass is 489 g/mol. The van der Waals surface area contributed by atoms with E-state index in [1.807, 2.05) is 23.6 Å². The average molecular weight is 490 g/mol. The summed E-state index contributed by atoms with van der Waals surface area (Å²) in [5, 5.41) is 2.75. The Balaban J connectivity index is 1.78. The molecule has 10 heteroatoms. The molecule has 176 valence electrons. The maximum absolute atomic E-state index is 12.5. The zero-order valence-electron chi connectivity index (χ0n) is 18.8. The molecule has 0 radical (unpaired) electrons. The summed E-state index contributed by atoms with van der Waals surface area (Å²) >= 11 is 1.33. The number of fused-ring (bicyclic) bond motifs is 1. The van der Waals surface area contributed by atoms with Gasteiger partial charge in [-0.2, -0.15) is 4.99 Å². The number of anilines is 1. The first-order chi connectivity index (χ1) is 15.7. The number of hydrogen-bond acceptors (Lipinski definition) is 6. The van der Waals surface area contributed by atoms with Gasteiger partial charge in [-0.1, -0.05) is 29.0 Å². The van der Waals surface area contributed by atoms with Crippen LogP contribution >= 0.6 is 11.3 Å². The minimum absolute atomic E-state index is 0.0285. The number of rotatable bonds is 9. The lowest BCUT2D eigenvalue weighted by molar-refractivity contribution is -0.118. The molecule has 2 amide bonds. The molecule has 33 heavy (non-hydrogen) atoms. The van der Waals surface area contributed by atoms with Crippen LogP contribution in [-0.2, 0) is 30.7 Å². The number of benzene rings is 2. The number of aryl methyl sites for hydroxylation is 1. The first-order valence-electron chi connectivity index (χ1n) is 10.5.